The number of hydrogen-bond donors (Lipinski definition) is 0. The maximum absolute atomic E-state index is 14.3. The molecule has 2 aromatic rings. The minimum atomic E-state index is -1.36. The Bertz CT molecular complexity index is 780. The van der Waals surface area contributed by atoms with Crippen LogP contribution < -0.4 is 4.90 Å². The number of halogens is 1. The number of hydrogen-bond acceptors (Lipinski definition) is 3. The lowest BCUT2D eigenvalue weighted by molar-refractivity contribution is 0.384. The molecule has 0 aliphatic rings. The molecule has 0 bridgehead atoms. The van der Waals surface area contributed by atoms with E-state index in [4.69, 9.17) is 10.5 Å². The molecule has 0 radical (unpaired) electrons. The van der Waals surface area contributed by atoms with Crippen LogP contribution in [0.2, 0.25) is 0 Å². The Morgan fingerprint density at radius 1 is 1.14 bits per heavy atom. The monoisotopic (exact) mass is 293 g/mol. The van der Waals surface area contributed by atoms with Crippen molar-refractivity contribution in [2.45, 2.75) is 13.1 Å². The molecule has 0 spiro atoms. The largest absolute Gasteiger partial charge is 0.371 e. The third-order valence-corrected chi connectivity index (χ3v) is 3.70. The number of benzene rings is 2. The molecule has 1 atom stereocenters. The third kappa shape index (κ3) is 3.24. The fourth-order valence-corrected chi connectivity index (χ4v) is 2.25. The van der Waals surface area contributed by atoms with Gasteiger partial charge in [0, 0.05) is 12.7 Å². The molecule has 0 aromatic heterocycles. The van der Waals surface area contributed by atoms with Crippen molar-refractivity contribution in [1.82, 2.24) is 0 Å². The molecule has 3 nitrogen and oxygen atoms in total. The summed E-state index contributed by atoms with van der Waals surface area (Å²) in [6.45, 7) is 1.58. The van der Waals surface area contributed by atoms with Crippen LogP contribution in [-0.2, 0) is 0 Å². The normalized spacial score (nSPS) is 11.3. The van der Waals surface area contributed by atoms with Gasteiger partial charge < -0.3 is 4.90 Å². The maximum Gasteiger partial charge on any atom is 0.141 e. The zero-order valence-corrected chi connectivity index (χ0v) is 12.5. The van der Waals surface area contributed by atoms with Gasteiger partial charge >= 0.3 is 0 Å². The van der Waals surface area contributed by atoms with Crippen LogP contribution in [-0.4, -0.2) is 19.8 Å². The molecule has 0 amide bonds. The van der Waals surface area contributed by atoms with Crippen LogP contribution >= 0.6 is 0 Å². The van der Waals surface area contributed by atoms with Gasteiger partial charge in [0.1, 0.15) is 23.9 Å². The lowest BCUT2D eigenvalue weighted by atomic mass is 10.1. The van der Waals surface area contributed by atoms with Gasteiger partial charge in [0.15, 0.2) is 0 Å². The minimum Gasteiger partial charge on any atom is -0.371 e. The smallest absolute Gasteiger partial charge is 0.141 e. The molecule has 0 heterocycles. The van der Waals surface area contributed by atoms with Crippen molar-refractivity contribution < 1.29 is 4.39 Å². The summed E-state index contributed by atoms with van der Waals surface area (Å²) in [5.74, 6) is 0. The molecule has 0 saturated heterocycles. The van der Waals surface area contributed by atoms with E-state index in [0.717, 1.165) is 16.5 Å². The first-order valence-electron chi connectivity index (χ1n) is 6.91. The van der Waals surface area contributed by atoms with Gasteiger partial charge in [-0.1, -0.05) is 30.3 Å². The van der Waals surface area contributed by atoms with Crippen molar-refractivity contribution in [2.75, 3.05) is 18.5 Å². The number of alkyl halides is 1. The molecular weight excluding hydrogens is 277 g/mol. The molecule has 0 aliphatic carbocycles. The SMILES string of the molecule is CC(=C(C#N)C#N)C(F)CN(C)c1ccc2ccccc2c1. The van der Waals surface area contributed by atoms with Crippen molar-refractivity contribution in [3.63, 3.8) is 0 Å². The van der Waals surface area contributed by atoms with Crippen LogP contribution in [0.25, 0.3) is 10.8 Å². The van der Waals surface area contributed by atoms with Crippen molar-refractivity contribution in [3.05, 3.63) is 53.6 Å². The van der Waals surface area contributed by atoms with Crippen LogP contribution in [0.5, 0.6) is 0 Å². The van der Waals surface area contributed by atoms with Gasteiger partial charge in [-0.05, 0) is 35.4 Å². The fourth-order valence-electron chi connectivity index (χ4n) is 2.25. The number of nitriles is 2. The molecule has 0 saturated carbocycles. The molecule has 2 rings (SSSR count). The van der Waals surface area contributed by atoms with Crippen molar-refractivity contribution >= 4 is 16.5 Å². The Labute approximate surface area is 129 Å². The summed E-state index contributed by atoms with van der Waals surface area (Å²) in [5, 5.41) is 19.8. The summed E-state index contributed by atoms with van der Waals surface area (Å²) < 4.78 is 14.3. The zero-order valence-electron chi connectivity index (χ0n) is 12.5. The van der Waals surface area contributed by atoms with E-state index in [-0.39, 0.29) is 17.7 Å². The highest BCUT2D eigenvalue weighted by Crippen LogP contribution is 2.22. The van der Waals surface area contributed by atoms with E-state index in [9.17, 15) is 4.39 Å². The molecule has 0 N–H and O–H groups in total. The van der Waals surface area contributed by atoms with E-state index in [1.807, 2.05) is 42.5 Å². The standard InChI is InChI=1S/C18H16FN3/c1-13(16(10-20)11-21)18(19)12-22(2)17-8-7-14-5-3-4-6-15(14)9-17/h3-9,18H,12H2,1-2H3. The van der Waals surface area contributed by atoms with E-state index in [1.54, 1.807) is 24.1 Å². The van der Waals surface area contributed by atoms with Crippen molar-refractivity contribution in [3.8, 4) is 12.1 Å². The van der Waals surface area contributed by atoms with Gasteiger partial charge in [-0.15, -0.1) is 0 Å². The van der Waals surface area contributed by atoms with E-state index in [2.05, 4.69) is 0 Å². The first-order chi connectivity index (χ1) is 10.6. The van der Waals surface area contributed by atoms with Crippen LogP contribution in [0.15, 0.2) is 53.6 Å². The summed E-state index contributed by atoms with van der Waals surface area (Å²) in [4.78, 5) is 1.78. The first-order valence-corrected chi connectivity index (χ1v) is 6.91. The van der Waals surface area contributed by atoms with E-state index in [0.29, 0.717) is 0 Å². The molecule has 4 heteroatoms. The first kappa shape index (κ1) is 15.5. The third-order valence-electron chi connectivity index (χ3n) is 3.70. The van der Waals surface area contributed by atoms with Crippen LogP contribution in [0.3, 0.4) is 0 Å². The summed E-state index contributed by atoms with van der Waals surface area (Å²) in [6.07, 6.45) is -1.36. The summed E-state index contributed by atoms with van der Waals surface area (Å²) in [7, 11) is 1.79. The summed E-state index contributed by atoms with van der Waals surface area (Å²) >= 11 is 0. The van der Waals surface area contributed by atoms with Gasteiger partial charge in [-0.25, -0.2) is 4.39 Å². The topological polar surface area (TPSA) is 50.8 Å². The molecule has 0 fully saturated rings. The Morgan fingerprint density at radius 2 is 1.77 bits per heavy atom. The van der Waals surface area contributed by atoms with Crippen molar-refractivity contribution in [2.24, 2.45) is 0 Å². The van der Waals surface area contributed by atoms with E-state index < -0.39 is 6.17 Å². The quantitative estimate of drug-likeness (QED) is 0.801. The van der Waals surface area contributed by atoms with Gasteiger partial charge in [-0.3, -0.25) is 0 Å². The number of rotatable bonds is 4. The predicted molar refractivity (Wildman–Crippen MR) is 86.0 cm³/mol. The molecule has 0 aliphatic heterocycles. The second-order valence-electron chi connectivity index (χ2n) is 5.16. The molecule has 1 unspecified atom stereocenters. The Hall–Kier alpha value is -2.85. The molecular formula is C18H16FN3. The number of nitrogens with zero attached hydrogens (tertiary/aromatic N) is 3. The predicted octanol–water partition coefficient (Wildman–Crippen LogP) is 3.98. The highest BCUT2D eigenvalue weighted by atomic mass is 19.1. The van der Waals surface area contributed by atoms with Crippen LogP contribution in [0, 0.1) is 22.7 Å². The highest BCUT2D eigenvalue weighted by Gasteiger charge is 2.16. The number of allylic oxidation sites excluding steroid dienone is 1. The minimum absolute atomic E-state index is 0.0943. The second-order valence-corrected chi connectivity index (χ2v) is 5.16. The Morgan fingerprint density at radius 3 is 2.41 bits per heavy atom. The Balaban J connectivity index is 2.21. The van der Waals surface area contributed by atoms with E-state index >= 15 is 0 Å². The summed E-state index contributed by atoms with van der Waals surface area (Å²) in [6, 6.07) is 17.4. The fraction of sp³-hybridized carbons (Fsp3) is 0.222. The highest BCUT2D eigenvalue weighted by molar-refractivity contribution is 5.85. The van der Waals surface area contributed by atoms with Gasteiger partial charge in [0.25, 0.3) is 0 Å². The number of anilines is 1. The molecule has 2 aromatic carbocycles. The number of fused-ring (bicyclic) bond motifs is 1. The molecule has 22 heavy (non-hydrogen) atoms. The van der Waals surface area contributed by atoms with Gasteiger partial charge in [-0.2, -0.15) is 10.5 Å². The lowest BCUT2D eigenvalue weighted by Gasteiger charge is -2.22. The maximum atomic E-state index is 14.3. The average Bonchev–Trinajstić information content (AvgIpc) is 2.55. The zero-order chi connectivity index (χ0) is 16.1. The lowest BCUT2D eigenvalue weighted by Crippen LogP contribution is -2.27. The average molecular weight is 293 g/mol. The summed E-state index contributed by atoms with van der Waals surface area (Å²) in [5.41, 5.74) is 0.918. The van der Waals surface area contributed by atoms with Crippen LogP contribution in [0.1, 0.15) is 6.92 Å². The second kappa shape index (κ2) is 6.74. The van der Waals surface area contributed by atoms with Gasteiger partial charge in [0.2, 0.25) is 0 Å². The molecule has 110 valence electrons. The Kier molecular flexibility index (Phi) is 4.76. The van der Waals surface area contributed by atoms with Crippen LogP contribution in [0.4, 0.5) is 10.1 Å². The van der Waals surface area contributed by atoms with Gasteiger partial charge in [0.05, 0.1) is 6.54 Å². The van der Waals surface area contributed by atoms with E-state index in [1.165, 1.54) is 6.92 Å². The van der Waals surface area contributed by atoms with Crippen molar-refractivity contribution in [1.29, 1.82) is 10.5 Å².